The topological polar surface area (TPSA) is 72.2 Å². The lowest BCUT2D eigenvalue weighted by Gasteiger charge is -2.08. The van der Waals surface area contributed by atoms with E-state index in [1.54, 1.807) is 31.2 Å². The van der Waals surface area contributed by atoms with Crippen molar-refractivity contribution in [2.75, 3.05) is 5.32 Å². The van der Waals surface area contributed by atoms with Crippen LogP contribution in [-0.4, -0.2) is 11.8 Å². The molecule has 0 aliphatic carbocycles. The molecule has 1 rings (SSSR count). The highest BCUT2D eigenvalue weighted by Crippen LogP contribution is 2.14. The van der Waals surface area contributed by atoms with Crippen LogP contribution in [0.25, 0.3) is 0 Å². The minimum atomic E-state index is -0.480. The van der Waals surface area contributed by atoms with Crippen molar-refractivity contribution >= 4 is 29.1 Å². The Morgan fingerprint density at radius 3 is 2.44 bits per heavy atom. The van der Waals surface area contributed by atoms with Crippen molar-refractivity contribution in [2.45, 2.75) is 13.3 Å². The first-order valence-electron chi connectivity index (χ1n) is 4.84. The number of amides is 2. The van der Waals surface area contributed by atoms with Gasteiger partial charge in [0.2, 0.25) is 11.8 Å². The summed E-state index contributed by atoms with van der Waals surface area (Å²) in [5.74, 6) is -1.19. The van der Waals surface area contributed by atoms with Gasteiger partial charge in [0, 0.05) is 23.0 Å². The van der Waals surface area contributed by atoms with Crippen molar-refractivity contribution in [2.24, 2.45) is 11.7 Å². The molecule has 5 heteroatoms. The van der Waals surface area contributed by atoms with E-state index in [-0.39, 0.29) is 12.3 Å². The number of primary amides is 1. The number of benzene rings is 1. The highest BCUT2D eigenvalue weighted by Gasteiger charge is 2.13. The Morgan fingerprint density at radius 2 is 1.94 bits per heavy atom. The maximum atomic E-state index is 11.5. The third-order valence-electron chi connectivity index (χ3n) is 2.11. The lowest BCUT2D eigenvalue weighted by molar-refractivity contribution is -0.125. The Hall–Kier alpha value is -1.55. The van der Waals surface area contributed by atoms with Crippen LogP contribution in [0.1, 0.15) is 13.3 Å². The third-order valence-corrected chi connectivity index (χ3v) is 2.36. The Bertz CT molecular complexity index is 389. The van der Waals surface area contributed by atoms with E-state index in [2.05, 4.69) is 5.32 Å². The van der Waals surface area contributed by atoms with Gasteiger partial charge >= 0.3 is 0 Å². The van der Waals surface area contributed by atoms with E-state index in [1.165, 1.54) is 0 Å². The highest BCUT2D eigenvalue weighted by molar-refractivity contribution is 6.30. The van der Waals surface area contributed by atoms with Crippen LogP contribution >= 0.6 is 11.6 Å². The van der Waals surface area contributed by atoms with Crippen LogP contribution in [-0.2, 0) is 9.59 Å². The summed E-state index contributed by atoms with van der Waals surface area (Å²) in [6, 6.07) is 6.73. The maximum Gasteiger partial charge on any atom is 0.225 e. The van der Waals surface area contributed by atoms with Crippen molar-refractivity contribution in [1.29, 1.82) is 0 Å². The van der Waals surface area contributed by atoms with Gasteiger partial charge in [-0.1, -0.05) is 18.5 Å². The summed E-state index contributed by atoms with van der Waals surface area (Å²) >= 11 is 5.70. The summed E-state index contributed by atoms with van der Waals surface area (Å²) in [6.07, 6.45) is 0.0813. The minimum Gasteiger partial charge on any atom is -0.369 e. The van der Waals surface area contributed by atoms with Crippen molar-refractivity contribution in [3.8, 4) is 0 Å². The second kappa shape index (κ2) is 5.51. The minimum absolute atomic E-state index is 0.0813. The smallest absolute Gasteiger partial charge is 0.225 e. The SMILES string of the molecule is CC(CC(=O)Nc1ccc(Cl)cc1)C(N)=O. The van der Waals surface area contributed by atoms with Crippen LogP contribution in [0, 0.1) is 5.92 Å². The fourth-order valence-corrected chi connectivity index (χ4v) is 1.25. The molecule has 0 saturated carbocycles. The summed E-state index contributed by atoms with van der Waals surface area (Å²) in [5, 5.41) is 3.25. The molecule has 0 saturated heterocycles. The molecule has 0 heterocycles. The molecule has 1 unspecified atom stereocenters. The molecule has 4 nitrogen and oxygen atoms in total. The van der Waals surface area contributed by atoms with E-state index in [9.17, 15) is 9.59 Å². The highest BCUT2D eigenvalue weighted by atomic mass is 35.5. The summed E-state index contributed by atoms with van der Waals surface area (Å²) in [4.78, 5) is 22.2. The van der Waals surface area contributed by atoms with Crippen molar-refractivity contribution < 1.29 is 9.59 Å². The molecule has 2 amide bonds. The largest absolute Gasteiger partial charge is 0.369 e. The number of anilines is 1. The van der Waals surface area contributed by atoms with Crippen molar-refractivity contribution in [3.63, 3.8) is 0 Å². The van der Waals surface area contributed by atoms with Gasteiger partial charge in [-0.25, -0.2) is 0 Å². The molecule has 0 aliphatic heterocycles. The zero-order valence-corrected chi connectivity index (χ0v) is 9.62. The van der Waals surface area contributed by atoms with E-state index in [4.69, 9.17) is 17.3 Å². The summed E-state index contributed by atoms with van der Waals surface area (Å²) in [6.45, 7) is 1.61. The van der Waals surface area contributed by atoms with Gasteiger partial charge in [-0.3, -0.25) is 9.59 Å². The molecule has 1 aromatic rings. The first-order valence-corrected chi connectivity index (χ1v) is 5.21. The number of carbonyl (C=O) groups is 2. The second-order valence-electron chi connectivity index (χ2n) is 3.56. The first kappa shape index (κ1) is 12.5. The normalized spacial score (nSPS) is 11.9. The summed E-state index contributed by atoms with van der Waals surface area (Å²) < 4.78 is 0. The van der Waals surface area contributed by atoms with Crippen LogP contribution in [0.2, 0.25) is 5.02 Å². The number of nitrogens with one attached hydrogen (secondary N) is 1. The molecule has 16 heavy (non-hydrogen) atoms. The predicted molar refractivity (Wildman–Crippen MR) is 63.1 cm³/mol. The van der Waals surface area contributed by atoms with Gasteiger partial charge in [-0.2, -0.15) is 0 Å². The molecule has 0 aliphatic rings. The first-order chi connectivity index (χ1) is 7.49. The van der Waals surface area contributed by atoms with Gasteiger partial charge in [-0.15, -0.1) is 0 Å². The molecule has 86 valence electrons. The number of nitrogens with two attached hydrogens (primary N) is 1. The standard InChI is InChI=1S/C11H13ClN2O2/c1-7(11(13)16)6-10(15)14-9-4-2-8(12)3-5-9/h2-5,7H,6H2,1H3,(H2,13,16)(H,14,15). The zero-order chi connectivity index (χ0) is 12.1. The molecule has 0 radical (unpaired) electrons. The van der Waals surface area contributed by atoms with E-state index < -0.39 is 11.8 Å². The van der Waals surface area contributed by atoms with Crippen LogP contribution in [0.15, 0.2) is 24.3 Å². The number of halogens is 1. The molecule has 0 spiro atoms. The number of carbonyl (C=O) groups excluding carboxylic acids is 2. The molecule has 0 fully saturated rings. The average Bonchev–Trinajstić information content (AvgIpc) is 2.21. The van der Waals surface area contributed by atoms with Crippen molar-refractivity contribution in [1.82, 2.24) is 0 Å². The fourth-order valence-electron chi connectivity index (χ4n) is 1.12. The second-order valence-corrected chi connectivity index (χ2v) is 4.00. The van der Waals surface area contributed by atoms with Gasteiger partial charge in [0.1, 0.15) is 0 Å². The monoisotopic (exact) mass is 240 g/mol. The Kier molecular flexibility index (Phi) is 4.31. The summed E-state index contributed by atoms with van der Waals surface area (Å²) in [5.41, 5.74) is 5.71. The van der Waals surface area contributed by atoms with E-state index in [0.717, 1.165) is 0 Å². The van der Waals surface area contributed by atoms with Gasteiger partial charge < -0.3 is 11.1 Å². The quantitative estimate of drug-likeness (QED) is 0.842. The fraction of sp³-hybridized carbons (Fsp3) is 0.273. The molecule has 0 aromatic heterocycles. The van der Waals surface area contributed by atoms with Gasteiger partial charge in [-0.05, 0) is 24.3 Å². The third kappa shape index (κ3) is 3.90. The van der Waals surface area contributed by atoms with Crippen LogP contribution in [0.3, 0.4) is 0 Å². The van der Waals surface area contributed by atoms with E-state index >= 15 is 0 Å². The molecular formula is C11H13ClN2O2. The van der Waals surface area contributed by atoms with E-state index in [0.29, 0.717) is 10.7 Å². The molecule has 0 bridgehead atoms. The number of rotatable bonds is 4. The Labute approximate surface area is 98.8 Å². The van der Waals surface area contributed by atoms with Gasteiger partial charge in [0.15, 0.2) is 0 Å². The van der Waals surface area contributed by atoms with Crippen LogP contribution < -0.4 is 11.1 Å². The van der Waals surface area contributed by atoms with Crippen LogP contribution in [0.4, 0.5) is 5.69 Å². The van der Waals surface area contributed by atoms with Gasteiger partial charge in [0.25, 0.3) is 0 Å². The Morgan fingerprint density at radius 1 is 1.38 bits per heavy atom. The molecular weight excluding hydrogens is 228 g/mol. The lowest BCUT2D eigenvalue weighted by Crippen LogP contribution is -2.25. The number of hydrogen-bond acceptors (Lipinski definition) is 2. The van der Waals surface area contributed by atoms with E-state index in [1.807, 2.05) is 0 Å². The van der Waals surface area contributed by atoms with Crippen molar-refractivity contribution in [3.05, 3.63) is 29.3 Å². The number of hydrogen-bond donors (Lipinski definition) is 2. The summed E-state index contributed by atoms with van der Waals surface area (Å²) in [7, 11) is 0. The molecule has 3 N–H and O–H groups in total. The average molecular weight is 241 g/mol. The predicted octanol–water partition coefficient (Wildman–Crippen LogP) is 1.79. The Balaban J connectivity index is 2.52. The molecule has 1 aromatic carbocycles. The lowest BCUT2D eigenvalue weighted by atomic mass is 10.1. The maximum absolute atomic E-state index is 11.5. The zero-order valence-electron chi connectivity index (χ0n) is 8.87. The van der Waals surface area contributed by atoms with Gasteiger partial charge in [0.05, 0.1) is 0 Å². The molecule has 1 atom stereocenters. The van der Waals surface area contributed by atoms with Crippen LogP contribution in [0.5, 0.6) is 0 Å².